The number of hydrogen-bond acceptors (Lipinski definition) is 3. The maximum atomic E-state index is 13.2. The quantitative estimate of drug-likeness (QED) is 0.636. The molecular weight excluding hydrogens is 477 g/mol. The summed E-state index contributed by atoms with van der Waals surface area (Å²) in [6, 6.07) is 7.03. The lowest BCUT2D eigenvalue weighted by atomic mass is 10.1. The van der Waals surface area contributed by atoms with Crippen molar-refractivity contribution in [2.24, 2.45) is 0 Å². The van der Waals surface area contributed by atoms with E-state index >= 15 is 0 Å². The van der Waals surface area contributed by atoms with Crippen LogP contribution in [0.2, 0.25) is 5.02 Å². The SMILES string of the molecule is CC.CN1C(C(=O)Nc2ccc(F)c(Cl)c2)CC(c2ccc(Br)s2)NS1=O. The van der Waals surface area contributed by atoms with Gasteiger partial charge in [-0.1, -0.05) is 25.4 Å². The molecule has 1 fully saturated rings. The van der Waals surface area contributed by atoms with E-state index in [-0.39, 0.29) is 17.0 Å². The van der Waals surface area contributed by atoms with Gasteiger partial charge in [0.15, 0.2) is 11.2 Å². The number of rotatable bonds is 3. The second-order valence-electron chi connectivity index (χ2n) is 5.48. The highest BCUT2D eigenvalue weighted by molar-refractivity contribution is 9.11. The molecule has 0 bridgehead atoms. The summed E-state index contributed by atoms with van der Waals surface area (Å²) in [5, 5.41) is 2.64. The Hall–Kier alpha value is -0.840. The van der Waals surface area contributed by atoms with Crippen LogP contribution in [0.15, 0.2) is 34.1 Å². The number of benzene rings is 1. The fourth-order valence-corrected chi connectivity index (χ4v) is 5.29. The van der Waals surface area contributed by atoms with Crippen molar-refractivity contribution in [3.63, 3.8) is 0 Å². The molecule has 1 aromatic carbocycles. The molecule has 3 rings (SSSR count). The average molecular weight is 497 g/mol. The van der Waals surface area contributed by atoms with Crippen molar-refractivity contribution in [2.45, 2.75) is 32.4 Å². The summed E-state index contributed by atoms with van der Waals surface area (Å²) in [6.07, 6.45) is 0.454. The van der Waals surface area contributed by atoms with Gasteiger partial charge in [-0.2, -0.15) is 0 Å². The van der Waals surface area contributed by atoms with E-state index < -0.39 is 23.0 Å². The summed E-state index contributed by atoms with van der Waals surface area (Å²) in [5.41, 5.74) is 0.393. The van der Waals surface area contributed by atoms with Gasteiger partial charge in [-0.15, -0.1) is 11.3 Å². The van der Waals surface area contributed by atoms with E-state index in [1.54, 1.807) is 7.05 Å². The van der Waals surface area contributed by atoms with Crippen molar-refractivity contribution in [1.29, 1.82) is 0 Å². The maximum absolute atomic E-state index is 13.2. The predicted molar refractivity (Wildman–Crippen MR) is 114 cm³/mol. The second kappa shape index (κ2) is 10.1. The van der Waals surface area contributed by atoms with E-state index in [0.29, 0.717) is 12.1 Å². The lowest BCUT2D eigenvalue weighted by Gasteiger charge is -2.35. The van der Waals surface area contributed by atoms with Gasteiger partial charge >= 0.3 is 0 Å². The molecule has 3 atom stereocenters. The van der Waals surface area contributed by atoms with E-state index in [4.69, 9.17) is 11.6 Å². The van der Waals surface area contributed by atoms with E-state index in [9.17, 15) is 13.4 Å². The first-order valence-corrected chi connectivity index (χ1v) is 11.4. The summed E-state index contributed by atoms with van der Waals surface area (Å²) in [7, 11) is 1.62. The third kappa shape index (κ3) is 5.58. The zero-order valence-electron chi connectivity index (χ0n) is 15.0. The number of carbonyl (C=O) groups is 1. The van der Waals surface area contributed by atoms with Crippen molar-refractivity contribution in [3.05, 3.63) is 49.8 Å². The molecule has 1 aromatic heterocycles. The molecule has 148 valence electrons. The van der Waals surface area contributed by atoms with E-state index in [1.807, 2.05) is 26.0 Å². The number of likely N-dealkylation sites (N-methyl/N-ethyl adjacent to an activating group) is 1. The number of nitrogens with one attached hydrogen (secondary N) is 2. The van der Waals surface area contributed by atoms with Crippen LogP contribution in [0.25, 0.3) is 0 Å². The molecule has 5 nitrogen and oxygen atoms in total. The summed E-state index contributed by atoms with van der Waals surface area (Å²) in [5.74, 6) is -0.872. The van der Waals surface area contributed by atoms with Crippen molar-refractivity contribution in [2.75, 3.05) is 12.4 Å². The Morgan fingerprint density at radius 1 is 1.41 bits per heavy atom. The smallest absolute Gasteiger partial charge is 0.242 e. The van der Waals surface area contributed by atoms with Gasteiger partial charge in [0.25, 0.3) is 0 Å². The third-order valence-electron chi connectivity index (χ3n) is 3.83. The van der Waals surface area contributed by atoms with Crippen LogP contribution < -0.4 is 10.0 Å². The Balaban J connectivity index is 0.00000126. The van der Waals surface area contributed by atoms with Gasteiger partial charge < -0.3 is 5.32 Å². The molecule has 2 N–H and O–H groups in total. The Bertz CT molecular complexity index is 836. The molecule has 0 saturated carbocycles. The number of amides is 1. The molecule has 1 aliphatic heterocycles. The molecule has 27 heavy (non-hydrogen) atoms. The van der Waals surface area contributed by atoms with Crippen LogP contribution in [0.4, 0.5) is 10.1 Å². The zero-order chi connectivity index (χ0) is 20.1. The number of nitrogens with zero attached hydrogens (tertiary/aromatic N) is 1. The molecule has 1 amide bonds. The Labute approximate surface area is 178 Å². The van der Waals surface area contributed by atoms with Crippen LogP contribution in [0.5, 0.6) is 0 Å². The largest absolute Gasteiger partial charge is 0.325 e. The molecule has 1 saturated heterocycles. The van der Waals surface area contributed by atoms with Gasteiger partial charge in [-0.05, 0) is 52.7 Å². The lowest BCUT2D eigenvalue weighted by Crippen LogP contribution is -2.52. The van der Waals surface area contributed by atoms with Crippen molar-refractivity contribution >= 4 is 61.6 Å². The Morgan fingerprint density at radius 2 is 2.11 bits per heavy atom. The molecule has 0 aliphatic carbocycles. The van der Waals surface area contributed by atoms with Crippen LogP contribution in [-0.2, 0) is 16.0 Å². The van der Waals surface area contributed by atoms with Crippen LogP contribution in [-0.4, -0.2) is 27.5 Å². The number of halogens is 3. The predicted octanol–water partition coefficient (Wildman–Crippen LogP) is 4.88. The second-order valence-corrected chi connectivity index (χ2v) is 9.69. The normalized spacial score (nSPS) is 22.7. The van der Waals surface area contributed by atoms with E-state index in [2.05, 4.69) is 26.0 Å². The zero-order valence-corrected chi connectivity index (χ0v) is 18.9. The summed E-state index contributed by atoms with van der Waals surface area (Å²) < 4.78 is 31.0. The Kier molecular flexibility index (Phi) is 8.39. The van der Waals surface area contributed by atoms with Gasteiger partial charge in [0.05, 0.1) is 14.9 Å². The standard InChI is InChI=1S/C15H14BrClFN3O2S2.C2H6/c1-21-12(15(22)19-8-2-3-10(18)9(17)6-8)7-11(20-25(21)23)13-4-5-14(16)24-13;1-2/h2-6,11-12,20H,7H2,1H3,(H,19,22);1-2H3. The molecular formula is C17H20BrClFN3O2S2. The molecule has 0 radical (unpaired) electrons. The fraction of sp³-hybridized carbons (Fsp3) is 0.353. The highest BCUT2D eigenvalue weighted by atomic mass is 79.9. The highest BCUT2D eigenvalue weighted by Crippen LogP contribution is 2.33. The first-order chi connectivity index (χ1) is 12.8. The first-order valence-electron chi connectivity index (χ1n) is 8.27. The van der Waals surface area contributed by atoms with Gasteiger partial charge in [0.1, 0.15) is 11.9 Å². The topological polar surface area (TPSA) is 61.4 Å². The first kappa shape index (κ1) is 22.4. The number of anilines is 1. The van der Waals surface area contributed by atoms with Crippen LogP contribution in [0.3, 0.4) is 0 Å². The lowest BCUT2D eigenvalue weighted by molar-refractivity contribution is -0.120. The van der Waals surface area contributed by atoms with Crippen LogP contribution in [0, 0.1) is 5.82 Å². The highest BCUT2D eigenvalue weighted by Gasteiger charge is 2.36. The maximum Gasteiger partial charge on any atom is 0.242 e. The monoisotopic (exact) mass is 495 g/mol. The number of thiophene rings is 1. The van der Waals surface area contributed by atoms with Crippen LogP contribution in [0.1, 0.15) is 31.2 Å². The van der Waals surface area contributed by atoms with E-state index in [0.717, 1.165) is 8.66 Å². The molecule has 2 heterocycles. The minimum Gasteiger partial charge on any atom is -0.325 e. The number of carbonyl (C=O) groups excluding carboxylic acids is 1. The molecule has 3 unspecified atom stereocenters. The summed E-state index contributed by atoms with van der Waals surface area (Å²) >= 11 is 9.18. The minimum absolute atomic E-state index is 0.0682. The van der Waals surface area contributed by atoms with Gasteiger partial charge in [0.2, 0.25) is 5.91 Å². The van der Waals surface area contributed by atoms with Crippen molar-refractivity contribution in [1.82, 2.24) is 9.03 Å². The molecule has 1 aliphatic rings. The summed E-state index contributed by atoms with van der Waals surface area (Å²) in [4.78, 5) is 13.6. The average Bonchev–Trinajstić information content (AvgIpc) is 3.08. The Morgan fingerprint density at radius 3 is 2.70 bits per heavy atom. The van der Waals surface area contributed by atoms with Gasteiger partial charge in [0, 0.05) is 17.6 Å². The van der Waals surface area contributed by atoms with E-state index in [1.165, 1.54) is 33.8 Å². The minimum atomic E-state index is -1.50. The fourth-order valence-electron chi connectivity index (χ4n) is 2.50. The third-order valence-corrected chi connectivity index (χ3v) is 7.12. The molecule has 0 spiro atoms. The van der Waals surface area contributed by atoms with Gasteiger partial charge in [-0.25, -0.2) is 17.6 Å². The number of hydrogen-bond donors (Lipinski definition) is 2. The molecule has 2 aromatic rings. The van der Waals surface area contributed by atoms with Gasteiger partial charge in [-0.3, -0.25) is 4.79 Å². The van der Waals surface area contributed by atoms with Crippen molar-refractivity contribution < 1.29 is 13.4 Å². The van der Waals surface area contributed by atoms with Crippen LogP contribution >= 0.6 is 38.9 Å². The van der Waals surface area contributed by atoms with Crippen molar-refractivity contribution in [3.8, 4) is 0 Å². The summed E-state index contributed by atoms with van der Waals surface area (Å²) in [6.45, 7) is 4.00. The molecule has 10 heteroatoms.